The van der Waals surface area contributed by atoms with E-state index in [0.717, 1.165) is 12.0 Å². The fourth-order valence-electron chi connectivity index (χ4n) is 3.32. The Bertz CT molecular complexity index is 876. The third kappa shape index (κ3) is 4.39. The second kappa shape index (κ2) is 8.69. The van der Waals surface area contributed by atoms with Crippen molar-refractivity contribution in [3.8, 4) is 0 Å². The maximum atomic E-state index is 12.8. The molecule has 0 unspecified atom stereocenters. The third-order valence-electron chi connectivity index (χ3n) is 4.85. The molecule has 0 fully saturated rings. The average molecular weight is 380 g/mol. The maximum absolute atomic E-state index is 12.8. The van der Waals surface area contributed by atoms with E-state index in [1.165, 1.54) is 17.4 Å². The Morgan fingerprint density at radius 1 is 1.04 bits per heavy atom. The number of esters is 1. The molecule has 0 atom stereocenters. The maximum Gasteiger partial charge on any atom is 0.338 e. The van der Waals surface area contributed by atoms with Crippen LogP contribution in [0.4, 0.5) is 5.69 Å². The number of benzene rings is 2. The minimum absolute atomic E-state index is 0.0315. The number of fused-ring (bicyclic) bond motifs is 1. The van der Waals surface area contributed by atoms with Gasteiger partial charge in [0.1, 0.15) is 6.54 Å². The Kier molecular flexibility index (Phi) is 6.09. The lowest BCUT2D eigenvalue weighted by Gasteiger charge is -2.31. The Labute approximate surface area is 164 Å². The van der Waals surface area contributed by atoms with Gasteiger partial charge >= 0.3 is 5.97 Å². The van der Waals surface area contributed by atoms with Crippen LogP contribution in [0.5, 0.6) is 0 Å². The Morgan fingerprint density at radius 2 is 1.71 bits per heavy atom. The summed E-state index contributed by atoms with van der Waals surface area (Å²) in [7, 11) is 0. The minimum atomic E-state index is -0.411. The van der Waals surface area contributed by atoms with E-state index in [9.17, 15) is 14.4 Å². The second-order valence-electron chi connectivity index (χ2n) is 6.71. The highest BCUT2D eigenvalue weighted by Gasteiger charge is 2.24. The minimum Gasteiger partial charge on any atom is -0.462 e. The normalized spacial score (nSPS) is 12.9. The molecule has 2 amide bonds. The number of nitrogens with zero attached hydrogens (tertiary/aromatic N) is 2. The summed E-state index contributed by atoms with van der Waals surface area (Å²) >= 11 is 0. The molecular formula is C22H24N2O4. The molecular weight excluding hydrogens is 356 g/mol. The SMILES string of the molecule is CCOC(=O)c1ccc(N(CC(=O)N2CCc3ccccc3C2)C(C)=O)cc1. The zero-order valence-electron chi connectivity index (χ0n) is 16.2. The van der Waals surface area contributed by atoms with E-state index < -0.39 is 5.97 Å². The first-order chi connectivity index (χ1) is 13.5. The van der Waals surface area contributed by atoms with E-state index in [1.807, 2.05) is 18.2 Å². The highest BCUT2D eigenvalue weighted by atomic mass is 16.5. The molecule has 1 aliphatic heterocycles. The van der Waals surface area contributed by atoms with Crippen molar-refractivity contribution in [1.82, 2.24) is 4.90 Å². The molecule has 2 aromatic rings. The zero-order chi connectivity index (χ0) is 20.1. The molecule has 146 valence electrons. The van der Waals surface area contributed by atoms with Crippen LogP contribution in [0.3, 0.4) is 0 Å². The lowest BCUT2D eigenvalue weighted by atomic mass is 10.00. The van der Waals surface area contributed by atoms with E-state index in [-0.39, 0.29) is 18.4 Å². The summed E-state index contributed by atoms with van der Waals surface area (Å²) < 4.78 is 4.97. The molecule has 0 saturated carbocycles. The van der Waals surface area contributed by atoms with Gasteiger partial charge in [0, 0.05) is 25.7 Å². The summed E-state index contributed by atoms with van der Waals surface area (Å²) in [5.74, 6) is -0.736. The standard InChI is InChI=1S/C22H24N2O4/c1-3-28-22(27)18-8-10-20(11-9-18)24(16(2)25)15-21(26)23-13-12-17-6-4-5-7-19(17)14-23/h4-11H,3,12-15H2,1-2H3. The summed E-state index contributed by atoms with van der Waals surface area (Å²) in [5.41, 5.74) is 3.40. The Balaban J connectivity index is 1.70. The van der Waals surface area contributed by atoms with Crippen molar-refractivity contribution >= 4 is 23.5 Å². The van der Waals surface area contributed by atoms with Crippen LogP contribution >= 0.6 is 0 Å². The summed E-state index contributed by atoms with van der Waals surface area (Å²) in [6, 6.07) is 14.6. The van der Waals surface area contributed by atoms with Gasteiger partial charge in [-0.3, -0.25) is 9.59 Å². The van der Waals surface area contributed by atoms with Crippen molar-refractivity contribution in [2.24, 2.45) is 0 Å². The molecule has 1 heterocycles. The molecule has 3 rings (SSSR count). The molecule has 0 bridgehead atoms. The van der Waals surface area contributed by atoms with E-state index in [0.29, 0.717) is 30.9 Å². The number of amides is 2. The van der Waals surface area contributed by atoms with E-state index in [4.69, 9.17) is 4.74 Å². The third-order valence-corrected chi connectivity index (χ3v) is 4.85. The number of rotatable bonds is 5. The van der Waals surface area contributed by atoms with Crippen LogP contribution in [0.1, 0.15) is 35.3 Å². The molecule has 0 N–H and O–H groups in total. The van der Waals surface area contributed by atoms with Crippen LogP contribution in [0.2, 0.25) is 0 Å². The predicted molar refractivity (Wildman–Crippen MR) is 106 cm³/mol. The smallest absolute Gasteiger partial charge is 0.338 e. The van der Waals surface area contributed by atoms with E-state index in [2.05, 4.69) is 6.07 Å². The van der Waals surface area contributed by atoms with Crippen LogP contribution in [0.25, 0.3) is 0 Å². The van der Waals surface area contributed by atoms with Gasteiger partial charge in [-0.15, -0.1) is 0 Å². The molecule has 28 heavy (non-hydrogen) atoms. The van der Waals surface area contributed by atoms with Crippen molar-refractivity contribution in [3.05, 3.63) is 65.2 Å². The number of hydrogen-bond donors (Lipinski definition) is 0. The van der Waals surface area contributed by atoms with E-state index in [1.54, 1.807) is 36.1 Å². The molecule has 0 spiro atoms. The van der Waals surface area contributed by atoms with Gasteiger partial charge in [-0.05, 0) is 48.7 Å². The summed E-state index contributed by atoms with van der Waals surface area (Å²) in [6.07, 6.45) is 0.816. The fourth-order valence-corrected chi connectivity index (χ4v) is 3.32. The Morgan fingerprint density at radius 3 is 2.36 bits per heavy atom. The van der Waals surface area contributed by atoms with Gasteiger partial charge in [-0.25, -0.2) is 4.79 Å². The van der Waals surface area contributed by atoms with E-state index >= 15 is 0 Å². The van der Waals surface area contributed by atoms with Gasteiger partial charge in [0.25, 0.3) is 0 Å². The van der Waals surface area contributed by atoms with Gasteiger partial charge in [0.15, 0.2) is 0 Å². The molecule has 0 aromatic heterocycles. The van der Waals surface area contributed by atoms with Crippen molar-refractivity contribution in [2.75, 3.05) is 24.6 Å². The first kappa shape index (κ1) is 19.6. The first-order valence-corrected chi connectivity index (χ1v) is 9.39. The molecule has 1 aliphatic rings. The van der Waals surface area contributed by atoms with Crippen molar-refractivity contribution in [2.45, 2.75) is 26.8 Å². The molecule has 6 nitrogen and oxygen atoms in total. The summed E-state index contributed by atoms with van der Waals surface area (Å²) in [4.78, 5) is 40.0. The zero-order valence-corrected chi connectivity index (χ0v) is 16.2. The highest BCUT2D eigenvalue weighted by Crippen LogP contribution is 2.20. The predicted octanol–water partition coefficient (Wildman–Crippen LogP) is 2.80. The van der Waals surface area contributed by atoms with Gasteiger partial charge in [-0.1, -0.05) is 24.3 Å². The summed E-state index contributed by atoms with van der Waals surface area (Å²) in [6.45, 7) is 4.64. The Hall–Kier alpha value is -3.15. The van der Waals surface area contributed by atoms with Gasteiger partial charge in [0.05, 0.1) is 12.2 Å². The largest absolute Gasteiger partial charge is 0.462 e. The lowest BCUT2D eigenvalue weighted by Crippen LogP contribution is -2.44. The van der Waals surface area contributed by atoms with Crippen LogP contribution < -0.4 is 4.90 Å². The van der Waals surface area contributed by atoms with Gasteiger partial charge in [-0.2, -0.15) is 0 Å². The second-order valence-corrected chi connectivity index (χ2v) is 6.71. The van der Waals surface area contributed by atoms with Gasteiger partial charge < -0.3 is 14.5 Å². The van der Waals surface area contributed by atoms with Crippen molar-refractivity contribution in [3.63, 3.8) is 0 Å². The lowest BCUT2D eigenvalue weighted by molar-refractivity contribution is -0.132. The van der Waals surface area contributed by atoms with Gasteiger partial charge in [0.2, 0.25) is 11.8 Å². The highest BCUT2D eigenvalue weighted by molar-refractivity contribution is 5.98. The molecule has 2 aromatic carbocycles. The monoisotopic (exact) mass is 380 g/mol. The molecule has 0 aliphatic carbocycles. The quantitative estimate of drug-likeness (QED) is 0.748. The number of carbonyl (C=O) groups is 3. The first-order valence-electron chi connectivity index (χ1n) is 9.39. The van der Waals surface area contributed by atoms with Crippen LogP contribution in [-0.2, 0) is 27.3 Å². The number of carbonyl (C=O) groups excluding carboxylic acids is 3. The average Bonchev–Trinajstić information content (AvgIpc) is 2.71. The van der Waals surface area contributed by atoms with Crippen LogP contribution in [0, 0.1) is 0 Å². The molecule has 0 saturated heterocycles. The molecule has 0 radical (unpaired) electrons. The number of anilines is 1. The molecule has 6 heteroatoms. The fraction of sp³-hybridized carbons (Fsp3) is 0.318. The number of hydrogen-bond acceptors (Lipinski definition) is 4. The summed E-state index contributed by atoms with van der Waals surface area (Å²) in [5, 5.41) is 0. The van der Waals surface area contributed by atoms with Crippen LogP contribution in [-0.4, -0.2) is 42.4 Å². The topological polar surface area (TPSA) is 66.9 Å². The van der Waals surface area contributed by atoms with Crippen molar-refractivity contribution in [1.29, 1.82) is 0 Å². The van der Waals surface area contributed by atoms with Crippen molar-refractivity contribution < 1.29 is 19.1 Å². The number of ether oxygens (including phenoxy) is 1. The van der Waals surface area contributed by atoms with Crippen LogP contribution in [0.15, 0.2) is 48.5 Å².